The van der Waals surface area contributed by atoms with E-state index in [0.29, 0.717) is 19.0 Å². The standard InChI is InChI=1S/C34H38N2O6/c1-34(2,3)42-33(40)36-18-16-24(17-19-36)23-14-12-22(13-15-23)20-30(31(37)38)35-32(39)41-21-29-27-10-6-4-8-25(27)26-9-5-7-11-28(26)29/h4-15,24,29-30H,16-21H2,1-3H3,(H,35,39)(H,37,38). The summed E-state index contributed by atoms with van der Waals surface area (Å²) in [5.74, 6) is -0.913. The number of likely N-dealkylation sites (tertiary alicyclic amines) is 1. The zero-order chi connectivity index (χ0) is 29.9. The maximum atomic E-state index is 12.7. The molecule has 0 spiro atoms. The van der Waals surface area contributed by atoms with Crippen molar-refractivity contribution in [3.63, 3.8) is 0 Å². The summed E-state index contributed by atoms with van der Waals surface area (Å²) in [6.45, 7) is 6.97. The van der Waals surface area contributed by atoms with E-state index in [0.717, 1.165) is 46.2 Å². The molecule has 0 radical (unpaired) electrons. The van der Waals surface area contributed by atoms with Crippen molar-refractivity contribution in [1.82, 2.24) is 10.2 Å². The fourth-order valence-corrected chi connectivity index (χ4v) is 5.87. The number of amides is 2. The predicted octanol–water partition coefficient (Wildman–Crippen LogP) is 6.34. The van der Waals surface area contributed by atoms with Crippen LogP contribution in [0.15, 0.2) is 72.8 Å². The van der Waals surface area contributed by atoms with Crippen LogP contribution in [-0.2, 0) is 20.7 Å². The van der Waals surface area contributed by atoms with E-state index in [1.165, 1.54) is 0 Å². The normalized spacial score (nSPS) is 15.8. The molecule has 1 aliphatic heterocycles. The minimum absolute atomic E-state index is 0.102. The summed E-state index contributed by atoms with van der Waals surface area (Å²) in [7, 11) is 0. The summed E-state index contributed by atoms with van der Waals surface area (Å²) in [4.78, 5) is 38.8. The van der Waals surface area contributed by atoms with Gasteiger partial charge in [0, 0.05) is 25.4 Å². The van der Waals surface area contributed by atoms with Gasteiger partial charge in [-0.25, -0.2) is 14.4 Å². The molecular weight excluding hydrogens is 532 g/mol. The molecule has 1 saturated heterocycles. The van der Waals surface area contributed by atoms with Gasteiger partial charge in [-0.15, -0.1) is 0 Å². The monoisotopic (exact) mass is 570 g/mol. The lowest BCUT2D eigenvalue weighted by atomic mass is 9.88. The van der Waals surface area contributed by atoms with Crippen molar-refractivity contribution >= 4 is 18.2 Å². The lowest BCUT2D eigenvalue weighted by molar-refractivity contribution is -0.139. The average molecular weight is 571 g/mol. The second-order valence-electron chi connectivity index (χ2n) is 12.0. The van der Waals surface area contributed by atoms with Crippen molar-refractivity contribution in [1.29, 1.82) is 0 Å². The molecule has 8 heteroatoms. The average Bonchev–Trinajstić information content (AvgIpc) is 3.29. The number of hydrogen-bond acceptors (Lipinski definition) is 5. The van der Waals surface area contributed by atoms with Crippen LogP contribution in [0.3, 0.4) is 0 Å². The number of carboxylic acids is 1. The van der Waals surface area contributed by atoms with Crippen LogP contribution in [0.2, 0.25) is 0 Å². The van der Waals surface area contributed by atoms with Crippen LogP contribution in [0, 0.1) is 0 Å². The first-order valence-corrected chi connectivity index (χ1v) is 14.5. The highest BCUT2D eigenvalue weighted by Crippen LogP contribution is 2.44. The third-order valence-electron chi connectivity index (χ3n) is 7.97. The maximum absolute atomic E-state index is 12.7. The number of aliphatic carboxylic acids is 1. The van der Waals surface area contributed by atoms with Crippen molar-refractivity contribution in [3.8, 4) is 11.1 Å². The van der Waals surface area contributed by atoms with Gasteiger partial charge in [-0.05, 0) is 72.9 Å². The van der Waals surface area contributed by atoms with Gasteiger partial charge >= 0.3 is 18.2 Å². The molecule has 1 fully saturated rings. The van der Waals surface area contributed by atoms with E-state index >= 15 is 0 Å². The number of ether oxygens (including phenoxy) is 2. The Bertz CT molecular complexity index is 1390. The van der Waals surface area contributed by atoms with Crippen molar-refractivity contribution < 1.29 is 29.0 Å². The van der Waals surface area contributed by atoms with E-state index in [4.69, 9.17) is 9.47 Å². The number of rotatable bonds is 7. The first kappa shape index (κ1) is 29.2. The molecule has 220 valence electrons. The van der Waals surface area contributed by atoms with Gasteiger partial charge in [0.2, 0.25) is 0 Å². The van der Waals surface area contributed by atoms with Crippen LogP contribution >= 0.6 is 0 Å². The first-order chi connectivity index (χ1) is 20.1. The zero-order valence-electron chi connectivity index (χ0n) is 24.3. The molecule has 8 nitrogen and oxygen atoms in total. The van der Waals surface area contributed by atoms with Crippen LogP contribution in [0.5, 0.6) is 0 Å². The molecule has 2 amide bonds. The molecule has 1 atom stereocenters. The van der Waals surface area contributed by atoms with Gasteiger partial charge in [0.05, 0.1) is 0 Å². The summed E-state index contributed by atoms with van der Waals surface area (Å²) in [6, 6.07) is 22.8. The van der Waals surface area contributed by atoms with Gasteiger partial charge in [0.15, 0.2) is 0 Å². The molecule has 3 aromatic rings. The Morgan fingerprint density at radius 1 is 0.905 bits per heavy atom. The summed E-state index contributed by atoms with van der Waals surface area (Å²) in [5, 5.41) is 12.3. The van der Waals surface area contributed by atoms with Gasteiger partial charge in [-0.3, -0.25) is 0 Å². The van der Waals surface area contributed by atoms with E-state index in [9.17, 15) is 19.5 Å². The molecule has 0 aromatic heterocycles. The number of hydrogen-bond donors (Lipinski definition) is 2. The highest BCUT2D eigenvalue weighted by Gasteiger charge is 2.30. The highest BCUT2D eigenvalue weighted by atomic mass is 16.6. The number of carbonyl (C=O) groups excluding carboxylic acids is 2. The Kier molecular flexibility index (Phi) is 8.52. The van der Waals surface area contributed by atoms with Gasteiger partial charge in [0.25, 0.3) is 0 Å². The smallest absolute Gasteiger partial charge is 0.410 e. The minimum atomic E-state index is -1.12. The number of nitrogens with zero attached hydrogens (tertiary/aromatic N) is 1. The van der Waals surface area contributed by atoms with Crippen molar-refractivity contribution in [2.24, 2.45) is 0 Å². The number of nitrogens with one attached hydrogen (secondary N) is 1. The van der Waals surface area contributed by atoms with E-state index in [2.05, 4.69) is 17.4 Å². The number of carbonyl (C=O) groups is 3. The number of fused-ring (bicyclic) bond motifs is 3. The number of alkyl carbamates (subject to hydrolysis) is 1. The molecule has 2 aliphatic rings. The Morgan fingerprint density at radius 2 is 1.48 bits per heavy atom. The Labute approximate surface area is 246 Å². The van der Waals surface area contributed by atoms with Gasteiger partial charge in [-0.1, -0.05) is 72.8 Å². The third-order valence-corrected chi connectivity index (χ3v) is 7.97. The molecular formula is C34H38N2O6. The highest BCUT2D eigenvalue weighted by molar-refractivity contribution is 5.81. The van der Waals surface area contributed by atoms with Crippen molar-refractivity contribution in [3.05, 3.63) is 95.1 Å². The minimum Gasteiger partial charge on any atom is -0.480 e. The summed E-state index contributed by atoms with van der Waals surface area (Å²) in [5.41, 5.74) is 5.88. The predicted molar refractivity (Wildman–Crippen MR) is 160 cm³/mol. The quantitative estimate of drug-likeness (QED) is 0.344. The number of benzene rings is 3. The maximum Gasteiger partial charge on any atom is 0.410 e. The Balaban J connectivity index is 1.14. The van der Waals surface area contributed by atoms with E-state index in [1.807, 2.05) is 81.4 Å². The lowest BCUT2D eigenvalue weighted by Gasteiger charge is -2.33. The topological polar surface area (TPSA) is 105 Å². The molecule has 3 aromatic carbocycles. The summed E-state index contributed by atoms with van der Waals surface area (Å²) in [6.07, 6.45) is 0.772. The summed E-state index contributed by atoms with van der Waals surface area (Å²) < 4.78 is 11.0. The molecule has 1 heterocycles. The fraction of sp³-hybridized carbons (Fsp3) is 0.382. The lowest BCUT2D eigenvalue weighted by Crippen LogP contribution is -2.43. The number of piperidine rings is 1. The number of carboxylic acid groups (broad SMARTS) is 1. The molecule has 0 bridgehead atoms. The van der Waals surface area contributed by atoms with Crippen molar-refractivity contribution in [2.45, 2.75) is 63.5 Å². The van der Waals surface area contributed by atoms with Crippen LogP contribution in [0.25, 0.3) is 11.1 Å². The molecule has 2 N–H and O–H groups in total. The van der Waals surface area contributed by atoms with Crippen LogP contribution in [-0.4, -0.2) is 59.5 Å². The molecule has 1 aliphatic carbocycles. The first-order valence-electron chi connectivity index (χ1n) is 14.5. The Morgan fingerprint density at radius 3 is 2.02 bits per heavy atom. The Hall–Kier alpha value is -4.33. The molecule has 1 unspecified atom stereocenters. The molecule has 5 rings (SSSR count). The zero-order valence-corrected chi connectivity index (χ0v) is 24.3. The van der Waals surface area contributed by atoms with Gasteiger partial charge in [-0.2, -0.15) is 0 Å². The SMILES string of the molecule is CC(C)(C)OC(=O)N1CCC(c2ccc(CC(NC(=O)OCC3c4ccccc4-c4ccccc43)C(=O)O)cc2)CC1. The second kappa shape index (κ2) is 12.3. The van der Waals surface area contributed by atoms with Crippen molar-refractivity contribution in [2.75, 3.05) is 19.7 Å². The fourth-order valence-electron chi connectivity index (χ4n) is 5.87. The van der Waals surface area contributed by atoms with Crippen LogP contribution in [0.1, 0.15) is 67.7 Å². The van der Waals surface area contributed by atoms with E-state index < -0.39 is 23.7 Å². The molecule has 42 heavy (non-hydrogen) atoms. The van der Waals surface area contributed by atoms with E-state index in [-0.39, 0.29) is 25.0 Å². The van der Waals surface area contributed by atoms with Crippen LogP contribution in [0.4, 0.5) is 9.59 Å². The summed E-state index contributed by atoms with van der Waals surface area (Å²) >= 11 is 0. The second-order valence-corrected chi connectivity index (χ2v) is 12.0. The van der Waals surface area contributed by atoms with Crippen LogP contribution < -0.4 is 5.32 Å². The van der Waals surface area contributed by atoms with Gasteiger partial charge in [0.1, 0.15) is 18.2 Å². The largest absolute Gasteiger partial charge is 0.480 e. The third kappa shape index (κ3) is 6.75. The molecule has 0 saturated carbocycles. The van der Waals surface area contributed by atoms with E-state index in [1.54, 1.807) is 4.90 Å². The van der Waals surface area contributed by atoms with Gasteiger partial charge < -0.3 is 24.8 Å².